The molecule has 5 N–H and O–H groups in total. The molecular formula is C27H52N2O5. The molecule has 0 aliphatic rings. The zero-order chi connectivity index (χ0) is 25.9. The van der Waals surface area contributed by atoms with Crippen molar-refractivity contribution in [2.24, 2.45) is 5.73 Å². The van der Waals surface area contributed by atoms with E-state index in [0.29, 0.717) is 25.8 Å². The summed E-state index contributed by atoms with van der Waals surface area (Å²) in [6.07, 6.45) is 23.5. The molecule has 0 aromatic carbocycles. The summed E-state index contributed by atoms with van der Waals surface area (Å²) in [5, 5.41) is 19.7. The molecule has 0 fully saturated rings. The minimum Gasteiger partial charge on any atom is -0.481 e. The van der Waals surface area contributed by atoms with Crippen LogP contribution in [0.5, 0.6) is 0 Å². The molecule has 34 heavy (non-hydrogen) atoms. The van der Waals surface area contributed by atoms with E-state index in [1.807, 2.05) is 0 Å². The molecule has 1 unspecified atom stereocenters. The van der Waals surface area contributed by atoms with Gasteiger partial charge in [-0.05, 0) is 57.9 Å². The lowest BCUT2D eigenvalue weighted by Gasteiger charge is -2.13. The number of carbonyl (C=O) groups excluding carboxylic acids is 1. The first-order chi connectivity index (χ1) is 16.4. The topological polar surface area (TPSA) is 130 Å². The van der Waals surface area contributed by atoms with Crippen LogP contribution >= 0.6 is 0 Å². The molecule has 0 heterocycles. The van der Waals surface area contributed by atoms with Crippen molar-refractivity contribution < 1.29 is 24.6 Å². The Hall–Kier alpha value is -1.89. The molecule has 0 aromatic heterocycles. The van der Waals surface area contributed by atoms with Gasteiger partial charge in [0.2, 0.25) is 5.91 Å². The molecule has 0 aromatic rings. The Balaban J connectivity index is 0. The van der Waals surface area contributed by atoms with Crippen molar-refractivity contribution in [2.45, 2.75) is 135 Å². The van der Waals surface area contributed by atoms with Crippen molar-refractivity contribution in [3.63, 3.8) is 0 Å². The van der Waals surface area contributed by atoms with E-state index < -0.39 is 18.0 Å². The van der Waals surface area contributed by atoms with Gasteiger partial charge in [0, 0.05) is 12.8 Å². The Kier molecular flexibility index (Phi) is 27.6. The lowest BCUT2D eigenvalue weighted by molar-refractivity contribution is -0.142. The molecule has 0 spiro atoms. The number of unbranched alkanes of at least 4 members (excludes halogenated alkanes) is 12. The van der Waals surface area contributed by atoms with Crippen LogP contribution in [0.3, 0.4) is 0 Å². The van der Waals surface area contributed by atoms with Crippen LogP contribution < -0.4 is 11.1 Å². The summed E-state index contributed by atoms with van der Waals surface area (Å²) in [5.74, 6) is -1.88. The summed E-state index contributed by atoms with van der Waals surface area (Å²) in [7, 11) is 0. The Morgan fingerprint density at radius 2 is 1.29 bits per heavy atom. The second-order valence-electron chi connectivity index (χ2n) is 8.82. The second-order valence-corrected chi connectivity index (χ2v) is 8.82. The van der Waals surface area contributed by atoms with Gasteiger partial charge in [-0.25, -0.2) is 4.79 Å². The Morgan fingerprint density at radius 1 is 0.765 bits per heavy atom. The van der Waals surface area contributed by atoms with Crippen molar-refractivity contribution in [1.82, 2.24) is 5.32 Å². The van der Waals surface area contributed by atoms with E-state index in [1.165, 1.54) is 70.6 Å². The van der Waals surface area contributed by atoms with Gasteiger partial charge in [0.15, 0.2) is 0 Å². The molecule has 0 saturated carbocycles. The number of carboxylic acids is 2. The quantitative estimate of drug-likeness (QED) is 0.107. The Labute approximate surface area is 208 Å². The van der Waals surface area contributed by atoms with Gasteiger partial charge in [-0.3, -0.25) is 9.59 Å². The highest BCUT2D eigenvalue weighted by Crippen LogP contribution is 2.09. The third-order valence-electron chi connectivity index (χ3n) is 5.55. The highest BCUT2D eigenvalue weighted by molar-refractivity contribution is 5.83. The van der Waals surface area contributed by atoms with E-state index in [4.69, 9.17) is 15.9 Å². The number of nitrogens with two attached hydrogens (primary N) is 1. The molecule has 0 rings (SSSR count). The van der Waals surface area contributed by atoms with E-state index in [0.717, 1.165) is 25.7 Å². The van der Waals surface area contributed by atoms with Gasteiger partial charge in [-0.1, -0.05) is 77.4 Å². The molecule has 0 bridgehead atoms. The third kappa shape index (κ3) is 28.1. The fourth-order valence-corrected chi connectivity index (χ4v) is 3.39. The van der Waals surface area contributed by atoms with Gasteiger partial charge in [0.05, 0.1) is 0 Å². The van der Waals surface area contributed by atoms with Gasteiger partial charge in [0.1, 0.15) is 6.04 Å². The van der Waals surface area contributed by atoms with Crippen molar-refractivity contribution in [3.05, 3.63) is 12.2 Å². The minimum absolute atomic E-state index is 0.231. The Bertz CT molecular complexity index is 523. The SMILES string of the molecule is CCC(=O)NC(CCCCN)C(=O)O.CCCCCCCC/C=C\CCCCCCCC(=O)O. The maximum absolute atomic E-state index is 11.0. The number of carbonyl (C=O) groups is 3. The zero-order valence-corrected chi connectivity index (χ0v) is 21.9. The summed E-state index contributed by atoms with van der Waals surface area (Å²) in [5.41, 5.74) is 5.28. The van der Waals surface area contributed by atoms with Gasteiger partial charge < -0.3 is 21.3 Å². The number of nitrogens with one attached hydrogen (secondary N) is 1. The monoisotopic (exact) mass is 484 g/mol. The van der Waals surface area contributed by atoms with E-state index in [2.05, 4.69) is 24.4 Å². The molecule has 1 atom stereocenters. The number of allylic oxidation sites excluding steroid dienone is 2. The predicted octanol–water partition coefficient (Wildman–Crippen LogP) is 6.20. The number of hydrogen-bond donors (Lipinski definition) is 4. The van der Waals surface area contributed by atoms with Crippen LogP contribution in [0.2, 0.25) is 0 Å². The van der Waals surface area contributed by atoms with Crippen LogP contribution in [0.15, 0.2) is 12.2 Å². The molecule has 0 saturated heterocycles. The van der Waals surface area contributed by atoms with Crippen molar-refractivity contribution in [2.75, 3.05) is 6.54 Å². The van der Waals surface area contributed by atoms with Gasteiger partial charge in [0.25, 0.3) is 0 Å². The van der Waals surface area contributed by atoms with Crippen molar-refractivity contribution in [3.8, 4) is 0 Å². The number of amides is 1. The molecule has 0 radical (unpaired) electrons. The lowest BCUT2D eigenvalue weighted by Crippen LogP contribution is -2.40. The molecular weight excluding hydrogens is 432 g/mol. The first-order valence-electron chi connectivity index (χ1n) is 13.5. The number of carboxylic acid groups (broad SMARTS) is 2. The lowest BCUT2D eigenvalue weighted by atomic mass is 10.1. The van der Waals surface area contributed by atoms with Gasteiger partial charge >= 0.3 is 11.9 Å². The second kappa shape index (κ2) is 27.4. The molecule has 0 aliphatic carbocycles. The largest absolute Gasteiger partial charge is 0.481 e. The van der Waals surface area contributed by atoms with Crippen LogP contribution in [0.4, 0.5) is 0 Å². The first-order valence-corrected chi connectivity index (χ1v) is 13.5. The smallest absolute Gasteiger partial charge is 0.326 e. The zero-order valence-electron chi connectivity index (χ0n) is 21.9. The fourth-order valence-electron chi connectivity index (χ4n) is 3.39. The minimum atomic E-state index is -0.983. The summed E-state index contributed by atoms with van der Waals surface area (Å²) < 4.78 is 0. The fraction of sp³-hybridized carbons (Fsp3) is 0.815. The van der Waals surface area contributed by atoms with Crippen LogP contribution in [-0.4, -0.2) is 40.6 Å². The van der Waals surface area contributed by atoms with E-state index in [-0.39, 0.29) is 5.91 Å². The number of rotatable bonds is 22. The van der Waals surface area contributed by atoms with Crippen LogP contribution in [0.25, 0.3) is 0 Å². The van der Waals surface area contributed by atoms with Crippen LogP contribution in [0, 0.1) is 0 Å². The summed E-state index contributed by atoms with van der Waals surface area (Å²) in [6, 6.07) is -0.769. The predicted molar refractivity (Wildman–Crippen MR) is 140 cm³/mol. The highest BCUT2D eigenvalue weighted by atomic mass is 16.4. The normalized spacial score (nSPS) is 11.6. The third-order valence-corrected chi connectivity index (χ3v) is 5.55. The first kappa shape index (κ1) is 34.3. The van der Waals surface area contributed by atoms with Gasteiger partial charge in [-0.2, -0.15) is 0 Å². The van der Waals surface area contributed by atoms with Crippen molar-refractivity contribution >= 4 is 17.8 Å². The van der Waals surface area contributed by atoms with Gasteiger partial charge in [-0.15, -0.1) is 0 Å². The molecule has 1 amide bonds. The Morgan fingerprint density at radius 3 is 1.76 bits per heavy atom. The highest BCUT2D eigenvalue weighted by Gasteiger charge is 2.17. The standard InChI is InChI=1S/C18H34O2.C9H18N2O3/c1-2-3-4-5-6-7-8-9-10-11-12-13-14-15-16-17-18(19)20;1-2-8(12)11-7(9(13)14)5-3-4-6-10/h9-10H,2-8,11-17H2,1H3,(H,19,20);7H,2-6,10H2,1H3,(H,11,12)(H,13,14)/b10-9-;. The van der Waals surface area contributed by atoms with E-state index in [1.54, 1.807) is 6.92 Å². The summed E-state index contributed by atoms with van der Waals surface area (Å²) >= 11 is 0. The summed E-state index contributed by atoms with van der Waals surface area (Å²) in [4.78, 5) is 32.0. The number of aliphatic carboxylic acids is 2. The molecule has 7 heteroatoms. The average Bonchev–Trinajstić information content (AvgIpc) is 2.81. The van der Waals surface area contributed by atoms with E-state index >= 15 is 0 Å². The maximum atomic E-state index is 11.0. The van der Waals surface area contributed by atoms with Crippen LogP contribution in [0.1, 0.15) is 129 Å². The average molecular weight is 485 g/mol. The molecule has 7 nitrogen and oxygen atoms in total. The number of hydrogen-bond acceptors (Lipinski definition) is 4. The molecule has 0 aliphatic heterocycles. The van der Waals surface area contributed by atoms with Crippen LogP contribution in [-0.2, 0) is 14.4 Å². The summed E-state index contributed by atoms with van der Waals surface area (Å²) in [6.45, 7) is 4.50. The molecule has 200 valence electrons. The maximum Gasteiger partial charge on any atom is 0.326 e. The van der Waals surface area contributed by atoms with Crippen molar-refractivity contribution in [1.29, 1.82) is 0 Å². The van der Waals surface area contributed by atoms with E-state index in [9.17, 15) is 14.4 Å².